The average molecular weight is 235 g/mol. The van der Waals surface area contributed by atoms with Crippen LogP contribution in [0.25, 0.3) is 0 Å². The predicted molar refractivity (Wildman–Crippen MR) is 68.6 cm³/mol. The molecule has 0 amide bonds. The largest absolute Gasteiger partial charge is 0.379 e. The number of ether oxygens (including phenoxy) is 1. The van der Waals surface area contributed by atoms with Crippen LogP contribution in [0.3, 0.4) is 0 Å². The zero-order valence-corrected chi connectivity index (χ0v) is 11.9. The van der Waals surface area contributed by atoms with Gasteiger partial charge in [-0.3, -0.25) is 0 Å². The Morgan fingerprint density at radius 1 is 1.20 bits per heavy atom. The molecule has 0 rings (SSSR count). The Hall–Kier alpha value is 0.250. The molecular formula is C13H27ClO. The second-order valence-electron chi connectivity index (χ2n) is 5.25. The first-order valence-corrected chi connectivity index (χ1v) is 6.52. The number of methoxy groups -OCH3 is 1. The summed E-state index contributed by atoms with van der Waals surface area (Å²) in [5.41, 5.74) is 0.271. The molecule has 0 bridgehead atoms. The van der Waals surface area contributed by atoms with Crippen LogP contribution in [-0.2, 0) is 4.74 Å². The number of rotatable bonds is 7. The fraction of sp³-hybridized carbons (Fsp3) is 1.00. The van der Waals surface area contributed by atoms with Crippen LogP contribution in [-0.4, -0.2) is 18.6 Å². The zero-order chi connectivity index (χ0) is 12.1. The molecule has 0 saturated heterocycles. The third-order valence-corrected chi connectivity index (χ3v) is 4.71. The van der Waals surface area contributed by atoms with Crippen LogP contribution in [0.5, 0.6) is 0 Å². The lowest BCUT2D eigenvalue weighted by Gasteiger charge is -2.41. The monoisotopic (exact) mass is 234 g/mol. The van der Waals surface area contributed by atoms with E-state index in [1.54, 1.807) is 0 Å². The highest BCUT2D eigenvalue weighted by Crippen LogP contribution is 2.41. The molecule has 0 aliphatic carbocycles. The molecule has 0 aromatic heterocycles. The second-order valence-corrected chi connectivity index (χ2v) is 5.56. The molecule has 0 heterocycles. The van der Waals surface area contributed by atoms with Crippen LogP contribution < -0.4 is 0 Å². The maximum atomic E-state index is 5.99. The van der Waals surface area contributed by atoms with Crippen molar-refractivity contribution in [2.24, 2.45) is 11.3 Å². The molecule has 92 valence electrons. The third kappa shape index (κ3) is 3.96. The van der Waals surface area contributed by atoms with E-state index in [1.165, 1.54) is 0 Å². The van der Waals surface area contributed by atoms with Crippen molar-refractivity contribution in [1.29, 1.82) is 0 Å². The lowest BCUT2D eigenvalue weighted by molar-refractivity contribution is -0.0453. The van der Waals surface area contributed by atoms with Gasteiger partial charge in [-0.25, -0.2) is 0 Å². The topological polar surface area (TPSA) is 9.23 Å². The highest BCUT2D eigenvalue weighted by atomic mass is 35.5. The first-order valence-electron chi connectivity index (χ1n) is 5.98. The standard InChI is InChI=1S/C13H27ClO/c1-7-12(4,11(3)9-14)10-13(5,8-2)15-6/h11H,7-10H2,1-6H3. The van der Waals surface area contributed by atoms with E-state index in [0.717, 1.165) is 25.1 Å². The first-order chi connectivity index (χ1) is 6.87. The van der Waals surface area contributed by atoms with Gasteiger partial charge in [-0.1, -0.05) is 34.1 Å². The van der Waals surface area contributed by atoms with Crippen molar-refractivity contribution in [2.75, 3.05) is 13.0 Å². The molecule has 3 atom stereocenters. The molecule has 2 heteroatoms. The lowest BCUT2D eigenvalue weighted by Crippen LogP contribution is -2.38. The third-order valence-electron chi connectivity index (χ3n) is 4.25. The number of hydrogen-bond donors (Lipinski definition) is 0. The molecule has 0 radical (unpaired) electrons. The van der Waals surface area contributed by atoms with Crippen LogP contribution in [0.2, 0.25) is 0 Å². The summed E-state index contributed by atoms with van der Waals surface area (Å²) >= 11 is 5.99. The van der Waals surface area contributed by atoms with Crippen LogP contribution in [0.15, 0.2) is 0 Å². The highest BCUT2D eigenvalue weighted by Gasteiger charge is 2.36. The van der Waals surface area contributed by atoms with Crippen LogP contribution >= 0.6 is 11.6 Å². The van der Waals surface area contributed by atoms with Gasteiger partial charge in [0.25, 0.3) is 0 Å². The average Bonchev–Trinajstić information content (AvgIpc) is 2.27. The van der Waals surface area contributed by atoms with Crippen molar-refractivity contribution in [3.8, 4) is 0 Å². The van der Waals surface area contributed by atoms with Gasteiger partial charge in [-0.2, -0.15) is 0 Å². The summed E-state index contributed by atoms with van der Waals surface area (Å²) in [5.74, 6) is 1.26. The molecule has 0 N–H and O–H groups in total. The van der Waals surface area contributed by atoms with Gasteiger partial charge in [0, 0.05) is 13.0 Å². The van der Waals surface area contributed by atoms with E-state index in [-0.39, 0.29) is 11.0 Å². The zero-order valence-electron chi connectivity index (χ0n) is 11.2. The van der Waals surface area contributed by atoms with Crippen molar-refractivity contribution < 1.29 is 4.74 Å². The Bertz CT molecular complexity index is 177. The van der Waals surface area contributed by atoms with Crippen LogP contribution in [0, 0.1) is 11.3 Å². The maximum Gasteiger partial charge on any atom is 0.0653 e. The van der Waals surface area contributed by atoms with E-state index < -0.39 is 0 Å². The van der Waals surface area contributed by atoms with E-state index in [4.69, 9.17) is 16.3 Å². The molecule has 0 aromatic rings. The van der Waals surface area contributed by atoms with Gasteiger partial charge in [0.2, 0.25) is 0 Å². The molecule has 0 aliphatic rings. The van der Waals surface area contributed by atoms with E-state index in [9.17, 15) is 0 Å². The van der Waals surface area contributed by atoms with E-state index in [1.807, 2.05) is 7.11 Å². The summed E-state index contributed by atoms with van der Waals surface area (Å²) < 4.78 is 5.64. The smallest absolute Gasteiger partial charge is 0.0653 e. The Labute approximate surface area is 101 Å². The van der Waals surface area contributed by atoms with E-state index >= 15 is 0 Å². The van der Waals surface area contributed by atoms with Gasteiger partial charge in [0.1, 0.15) is 0 Å². The lowest BCUT2D eigenvalue weighted by atomic mass is 9.69. The van der Waals surface area contributed by atoms with Gasteiger partial charge in [-0.15, -0.1) is 11.6 Å². The van der Waals surface area contributed by atoms with Crippen molar-refractivity contribution in [3.05, 3.63) is 0 Å². The van der Waals surface area contributed by atoms with Crippen molar-refractivity contribution in [2.45, 2.75) is 59.5 Å². The van der Waals surface area contributed by atoms with Crippen molar-refractivity contribution in [1.82, 2.24) is 0 Å². The normalized spacial score (nSPS) is 21.8. The summed E-state index contributed by atoms with van der Waals surface area (Å²) in [6.07, 6.45) is 3.28. The van der Waals surface area contributed by atoms with Gasteiger partial charge in [0.05, 0.1) is 5.60 Å². The van der Waals surface area contributed by atoms with Crippen molar-refractivity contribution >= 4 is 11.6 Å². The molecule has 0 spiro atoms. The summed E-state index contributed by atoms with van der Waals surface area (Å²) in [4.78, 5) is 0. The molecule has 1 nitrogen and oxygen atoms in total. The number of alkyl halides is 1. The SMILES string of the molecule is CCC(C)(CC(C)(CC)C(C)CCl)OC. The van der Waals surface area contributed by atoms with Gasteiger partial charge < -0.3 is 4.74 Å². The fourth-order valence-corrected chi connectivity index (χ4v) is 2.40. The van der Waals surface area contributed by atoms with Crippen LogP contribution in [0.1, 0.15) is 53.9 Å². The number of halogens is 1. The number of hydrogen-bond acceptors (Lipinski definition) is 1. The van der Waals surface area contributed by atoms with Crippen molar-refractivity contribution in [3.63, 3.8) is 0 Å². The Morgan fingerprint density at radius 2 is 1.73 bits per heavy atom. The molecular weight excluding hydrogens is 208 g/mol. The summed E-state index contributed by atoms with van der Waals surface area (Å²) in [6, 6.07) is 0. The predicted octanol–water partition coefficient (Wildman–Crippen LogP) is 4.48. The van der Waals surface area contributed by atoms with E-state index in [2.05, 4.69) is 34.6 Å². The second kappa shape index (κ2) is 6.10. The van der Waals surface area contributed by atoms with Crippen LogP contribution in [0.4, 0.5) is 0 Å². The van der Waals surface area contributed by atoms with Gasteiger partial charge >= 0.3 is 0 Å². The first kappa shape index (κ1) is 15.2. The minimum atomic E-state index is -0.00885. The molecule has 0 fully saturated rings. The van der Waals surface area contributed by atoms with E-state index in [0.29, 0.717) is 5.92 Å². The molecule has 0 saturated carbocycles. The van der Waals surface area contributed by atoms with Gasteiger partial charge in [0.15, 0.2) is 0 Å². The minimum Gasteiger partial charge on any atom is -0.379 e. The molecule has 0 aliphatic heterocycles. The highest BCUT2D eigenvalue weighted by molar-refractivity contribution is 6.18. The fourth-order valence-electron chi connectivity index (χ4n) is 2.03. The summed E-state index contributed by atoms with van der Waals surface area (Å²) in [5, 5.41) is 0. The summed E-state index contributed by atoms with van der Waals surface area (Å²) in [6.45, 7) is 11.2. The summed E-state index contributed by atoms with van der Waals surface area (Å²) in [7, 11) is 1.81. The minimum absolute atomic E-state index is 0.00885. The molecule has 15 heavy (non-hydrogen) atoms. The molecule has 0 aromatic carbocycles. The Morgan fingerprint density at radius 3 is 2.00 bits per heavy atom. The maximum absolute atomic E-state index is 5.99. The molecule has 3 unspecified atom stereocenters. The Balaban J connectivity index is 4.68. The Kier molecular flexibility index (Phi) is 6.20. The van der Waals surface area contributed by atoms with Gasteiger partial charge in [-0.05, 0) is 31.1 Å². The quantitative estimate of drug-likeness (QED) is 0.590.